The first-order chi connectivity index (χ1) is 3.13. The number of nitro groups is 1. The molecule has 0 aliphatic heterocycles. The van der Waals surface area contributed by atoms with Gasteiger partial charge in [0.25, 0.3) is 0 Å². The minimum absolute atomic E-state index is 0. The third-order valence-electron chi connectivity index (χ3n) is 0.264. The molecule has 7 heteroatoms. The normalized spacial score (nSPS) is 6.33. The molecule has 0 aromatic heterocycles. The SMILES string of the molecule is O=[N+]([O-])CC(=S)S.[KH].[KH]. The number of thiocarbonyl (C=S) groups is 1. The van der Waals surface area contributed by atoms with Crippen LogP contribution in [0.15, 0.2) is 0 Å². The summed E-state index contributed by atoms with van der Waals surface area (Å²) in [5.41, 5.74) is 0. The second-order valence-electron chi connectivity index (χ2n) is 0.885. The number of hydrogen-bond donors (Lipinski definition) is 1. The average molecular weight is 217 g/mol. The molecule has 0 amide bonds. The number of thiol groups is 1. The Bertz CT molecular complexity index is 96.7. The van der Waals surface area contributed by atoms with Crippen molar-refractivity contribution in [2.24, 2.45) is 0 Å². The molecule has 0 fully saturated rings. The molecule has 0 unspecified atom stereocenters. The van der Waals surface area contributed by atoms with Gasteiger partial charge in [-0.3, -0.25) is 10.1 Å². The van der Waals surface area contributed by atoms with Gasteiger partial charge in [-0.1, -0.05) is 12.2 Å². The molecule has 0 radical (unpaired) electrons. The molecule has 0 rings (SSSR count). The first kappa shape index (κ1) is 18.0. The van der Waals surface area contributed by atoms with E-state index >= 15 is 0 Å². The molecular weight excluding hydrogens is 212 g/mol. The van der Waals surface area contributed by atoms with Crippen molar-refractivity contribution in [3.63, 3.8) is 0 Å². The summed E-state index contributed by atoms with van der Waals surface area (Å²) < 4.78 is 0.116. The Morgan fingerprint density at radius 3 is 2.00 bits per heavy atom. The molecule has 0 bridgehead atoms. The van der Waals surface area contributed by atoms with Gasteiger partial charge < -0.3 is 0 Å². The van der Waals surface area contributed by atoms with E-state index in [4.69, 9.17) is 0 Å². The van der Waals surface area contributed by atoms with Crippen molar-refractivity contribution in [1.29, 1.82) is 0 Å². The maximum absolute atomic E-state index is 9.48. The third kappa shape index (κ3) is 18.2. The molecule has 0 N–H and O–H groups in total. The predicted octanol–water partition coefficient (Wildman–Crippen LogP) is -0.777. The molecule has 0 aliphatic rings. The molecule has 44 valence electrons. The van der Waals surface area contributed by atoms with Crippen LogP contribution < -0.4 is 0 Å². The molecule has 0 atom stereocenters. The van der Waals surface area contributed by atoms with Crippen LogP contribution in [-0.4, -0.2) is 118 Å². The van der Waals surface area contributed by atoms with Gasteiger partial charge in [0.15, 0.2) is 0 Å². The Morgan fingerprint density at radius 2 is 2.00 bits per heavy atom. The number of nitrogens with zero attached hydrogens (tertiary/aromatic N) is 1. The summed E-state index contributed by atoms with van der Waals surface area (Å²) in [5, 5.41) is 9.48. The van der Waals surface area contributed by atoms with Crippen LogP contribution in [0.1, 0.15) is 0 Å². The van der Waals surface area contributed by atoms with Crippen molar-refractivity contribution >= 4 is 132 Å². The molecule has 0 aliphatic carbocycles. The summed E-state index contributed by atoms with van der Waals surface area (Å²) in [6, 6.07) is 0. The van der Waals surface area contributed by atoms with Gasteiger partial charge in [-0.25, -0.2) is 0 Å². The van der Waals surface area contributed by atoms with E-state index in [-0.39, 0.29) is 114 Å². The zero-order valence-corrected chi connectivity index (χ0v) is 5.04. The average Bonchev–Trinajstić information content (AvgIpc) is 1.27. The number of hydrogen-bond acceptors (Lipinski definition) is 3. The summed E-state index contributed by atoms with van der Waals surface area (Å²) in [6.07, 6.45) is 0. The van der Waals surface area contributed by atoms with E-state index in [1.54, 1.807) is 0 Å². The van der Waals surface area contributed by atoms with E-state index in [9.17, 15) is 10.1 Å². The van der Waals surface area contributed by atoms with Crippen LogP contribution in [0.25, 0.3) is 0 Å². The van der Waals surface area contributed by atoms with Gasteiger partial charge in [0.2, 0.25) is 6.54 Å². The van der Waals surface area contributed by atoms with Crippen LogP contribution in [-0.2, 0) is 0 Å². The van der Waals surface area contributed by atoms with Crippen LogP contribution in [0.2, 0.25) is 0 Å². The fourth-order valence-corrected chi connectivity index (χ4v) is 0.331. The Labute approximate surface area is 149 Å². The monoisotopic (exact) mass is 217 g/mol. The fourth-order valence-electron chi connectivity index (χ4n) is 0.110. The Hall–Kier alpha value is 3.11. The Kier molecular flexibility index (Phi) is 22.2. The molecule has 0 aromatic carbocycles. The van der Waals surface area contributed by atoms with Gasteiger partial charge in [-0.15, -0.1) is 12.6 Å². The molecular formula is C2H5K2NO2S2. The molecule has 9 heavy (non-hydrogen) atoms. The quantitative estimate of drug-likeness (QED) is 0.217. The molecule has 0 heterocycles. The maximum atomic E-state index is 9.48. The van der Waals surface area contributed by atoms with E-state index in [0.717, 1.165) is 0 Å². The Morgan fingerprint density at radius 1 is 1.67 bits per heavy atom. The number of rotatable bonds is 2. The van der Waals surface area contributed by atoms with Crippen LogP contribution in [0.5, 0.6) is 0 Å². The van der Waals surface area contributed by atoms with Crippen LogP contribution in [0.3, 0.4) is 0 Å². The van der Waals surface area contributed by atoms with Gasteiger partial charge in [-0.05, 0) is 0 Å². The van der Waals surface area contributed by atoms with Crippen molar-refractivity contribution in [3.8, 4) is 0 Å². The molecule has 0 spiro atoms. The topological polar surface area (TPSA) is 43.1 Å². The van der Waals surface area contributed by atoms with E-state index in [2.05, 4.69) is 24.8 Å². The second-order valence-corrected chi connectivity index (χ2v) is 2.22. The summed E-state index contributed by atoms with van der Waals surface area (Å²) in [6.45, 7) is -0.321. The zero-order valence-electron chi connectivity index (χ0n) is 3.33. The summed E-state index contributed by atoms with van der Waals surface area (Å²) in [7, 11) is 0. The van der Waals surface area contributed by atoms with E-state index in [0.29, 0.717) is 0 Å². The Balaban J connectivity index is -0.000000180. The van der Waals surface area contributed by atoms with E-state index in [1.165, 1.54) is 0 Å². The third-order valence-corrected chi connectivity index (χ3v) is 0.535. The first-order valence-corrected chi connectivity index (χ1v) is 2.32. The summed E-state index contributed by atoms with van der Waals surface area (Å²) in [4.78, 5) is 8.96. The first-order valence-electron chi connectivity index (χ1n) is 1.46. The van der Waals surface area contributed by atoms with Crippen molar-refractivity contribution in [2.45, 2.75) is 0 Å². The van der Waals surface area contributed by atoms with Gasteiger partial charge in [0.1, 0.15) is 4.20 Å². The standard InChI is InChI=1S/C2H3NO2S2.2K.2H/c4-3(5)1-2(6)7;;;;/h1H2,(H,6,7);;;;. The van der Waals surface area contributed by atoms with E-state index in [1.807, 2.05) is 0 Å². The summed E-state index contributed by atoms with van der Waals surface area (Å²) >= 11 is 7.82. The molecule has 3 nitrogen and oxygen atoms in total. The second kappa shape index (κ2) is 11.1. The predicted molar refractivity (Wildman–Crippen MR) is 47.7 cm³/mol. The van der Waals surface area contributed by atoms with Crippen molar-refractivity contribution in [3.05, 3.63) is 10.1 Å². The van der Waals surface area contributed by atoms with Gasteiger partial charge in [0.05, 0.1) is 0 Å². The van der Waals surface area contributed by atoms with Crippen molar-refractivity contribution < 1.29 is 4.92 Å². The fraction of sp³-hybridized carbons (Fsp3) is 0.500. The van der Waals surface area contributed by atoms with Gasteiger partial charge in [0, 0.05) is 4.92 Å². The van der Waals surface area contributed by atoms with Crippen LogP contribution >= 0.6 is 24.8 Å². The van der Waals surface area contributed by atoms with Gasteiger partial charge >= 0.3 is 103 Å². The van der Waals surface area contributed by atoms with Crippen LogP contribution in [0, 0.1) is 10.1 Å². The van der Waals surface area contributed by atoms with Crippen LogP contribution in [0.4, 0.5) is 0 Å². The molecule has 0 saturated heterocycles. The van der Waals surface area contributed by atoms with Crippen molar-refractivity contribution in [2.75, 3.05) is 6.54 Å². The minimum atomic E-state index is -0.519. The zero-order chi connectivity index (χ0) is 5.86. The van der Waals surface area contributed by atoms with Gasteiger partial charge in [-0.2, -0.15) is 0 Å². The molecule has 0 saturated carbocycles. The van der Waals surface area contributed by atoms with Crippen molar-refractivity contribution in [1.82, 2.24) is 0 Å². The summed E-state index contributed by atoms with van der Waals surface area (Å²) in [5.74, 6) is 0. The van der Waals surface area contributed by atoms with E-state index < -0.39 is 4.92 Å². The molecule has 0 aromatic rings.